The number of para-hydroxylation sites is 2. The molecular formula is C23H27N3O6S. The highest BCUT2D eigenvalue weighted by Crippen LogP contribution is 2.33. The van der Waals surface area contributed by atoms with Crippen molar-refractivity contribution in [2.75, 3.05) is 43.1 Å². The van der Waals surface area contributed by atoms with Gasteiger partial charge in [0.05, 0.1) is 25.3 Å². The summed E-state index contributed by atoms with van der Waals surface area (Å²) in [6.07, 6.45) is 1.78. The van der Waals surface area contributed by atoms with Crippen LogP contribution in [0.5, 0.6) is 11.5 Å². The second-order valence-electron chi connectivity index (χ2n) is 7.80. The van der Waals surface area contributed by atoms with Crippen LogP contribution < -0.4 is 19.7 Å². The van der Waals surface area contributed by atoms with Crippen molar-refractivity contribution in [3.63, 3.8) is 0 Å². The van der Waals surface area contributed by atoms with Crippen molar-refractivity contribution in [2.24, 2.45) is 0 Å². The summed E-state index contributed by atoms with van der Waals surface area (Å²) in [4.78, 5) is 26.8. The summed E-state index contributed by atoms with van der Waals surface area (Å²) < 4.78 is 38.9. The summed E-state index contributed by atoms with van der Waals surface area (Å²) in [7, 11) is -3.75. The SMILES string of the molecule is CCOc1ccc(NC(=O)CN2C(=O)CCOc3ccccc32)cc1S(=O)(=O)N1CCCC1. The molecule has 0 atom stereocenters. The van der Waals surface area contributed by atoms with E-state index in [1.54, 1.807) is 43.3 Å². The van der Waals surface area contributed by atoms with Crippen LogP contribution in [0.15, 0.2) is 47.4 Å². The number of benzene rings is 2. The molecule has 0 unspecified atom stereocenters. The van der Waals surface area contributed by atoms with E-state index in [1.807, 2.05) is 0 Å². The molecule has 1 fully saturated rings. The van der Waals surface area contributed by atoms with E-state index in [0.717, 1.165) is 12.8 Å². The normalized spacial score (nSPS) is 16.6. The highest BCUT2D eigenvalue weighted by molar-refractivity contribution is 7.89. The first-order valence-corrected chi connectivity index (χ1v) is 12.4. The van der Waals surface area contributed by atoms with Gasteiger partial charge < -0.3 is 14.8 Å². The monoisotopic (exact) mass is 473 g/mol. The van der Waals surface area contributed by atoms with Gasteiger partial charge >= 0.3 is 0 Å². The molecule has 2 amide bonds. The van der Waals surface area contributed by atoms with Crippen LogP contribution in [0.2, 0.25) is 0 Å². The Kier molecular flexibility index (Phi) is 6.85. The largest absolute Gasteiger partial charge is 0.492 e. The van der Waals surface area contributed by atoms with Crippen LogP contribution in [0.25, 0.3) is 0 Å². The molecule has 0 saturated carbocycles. The molecule has 0 aliphatic carbocycles. The molecule has 4 rings (SSSR count). The molecule has 33 heavy (non-hydrogen) atoms. The summed E-state index contributed by atoms with van der Waals surface area (Å²) in [5.74, 6) is 0.111. The number of carbonyl (C=O) groups excluding carboxylic acids is 2. The van der Waals surface area contributed by atoms with Crippen molar-refractivity contribution in [1.82, 2.24) is 4.31 Å². The number of hydrogen-bond donors (Lipinski definition) is 1. The summed E-state index contributed by atoms with van der Waals surface area (Å²) in [5.41, 5.74) is 0.840. The topological polar surface area (TPSA) is 105 Å². The first kappa shape index (κ1) is 23.1. The van der Waals surface area contributed by atoms with E-state index in [2.05, 4.69) is 5.32 Å². The molecule has 2 aromatic rings. The maximum atomic E-state index is 13.2. The van der Waals surface area contributed by atoms with Crippen LogP contribution in [0.4, 0.5) is 11.4 Å². The minimum absolute atomic E-state index is 0.0219. The van der Waals surface area contributed by atoms with Crippen molar-refractivity contribution in [1.29, 1.82) is 0 Å². The molecule has 0 spiro atoms. The van der Waals surface area contributed by atoms with Crippen LogP contribution in [0, 0.1) is 0 Å². The first-order chi connectivity index (χ1) is 15.9. The molecule has 2 aliphatic heterocycles. The standard InChI is InChI=1S/C23H27N3O6S/c1-2-31-20-10-9-17(15-21(20)33(29,30)25-12-5-6-13-25)24-22(27)16-26-18-7-3-4-8-19(18)32-14-11-23(26)28/h3-4,7-10,15H,2,5-6,11-14,16H2,1H3,(H,24,27). The maximum absolute atomic E-state index is 13.2. The third-order valence-corrected chi connectivity index (χ3v) is 7.46. The number of hydrogen-bond acceptors (Lipinski definition) is 6. The number of rotatable bonds is 7. The zero-order valence-corrected chi connectivity index (χ0v) is 19.3. The van der Waals surface area contributed by atoms with E-state index in [1.165, 1.54) is 15.3 Å². The Morgan fingerprint density at radius 3 is 2.67 bits per heavy atom. The molecule has 0 bridgehead atoms. The minimum atomic E-state index is -3.75. The zero-order valence-electron chi connectivity index (χ0n) is 18.5. The fourth-order valence-corrected chi connectivity index (χ4v) is 5.64. The number of fused-ring (bicyclic) bond motifs is 1. The van der Waals surface area contributed by atoms with Crippen molar-refractivity contribution >= 4 is 33.2 Å². The van der Waals surface area contributed by atoms with Crippen molar-refractivity contribution in [3.8, 4) is 11.5 Å². The third kappa shape index (κ3) is 4.96. The van der Waals surface area contributed by atoms with Crippen molar-refractivity contribution in [2.45, 2.75) is 31.1 Å². The summed E-state index contributed by atoms with van der Waals surface area (Å²) >= 11 is 0. The highest BCUT2D eigenvalue weighted by Gasteiger charge is 2.31. The van der Waals surface area contributed by atoms with Crippen molar-refractivity contribution in [3.05, 3.63) is 42.5 Å². The van der Waals surface area contributed by atoms with E-state index in [4.69, 9.17) is 9.47 Å². The Morgan fingerprint density at radius 1 is 1.15 bits per heavy atom. The average molecular weight is 474 g/mol. The number of carbonyl (C=O) groups is 2. The maximum Gasteiger partial charge on any atom is 0.246 e. The smallest absolute Gasteiger partial charge is 0.246 e. The lowest BCUT2D eigenvalue weighted by Crippen LogP contribution is -2.37. The van der Waals surface area contributed by atoms with E-state index in [0.29, 0.717) is 36.8 Å². The van der Waals surface area contributed by atoms with Gasteiger partial charge in [0.1, 0.15) is 22.9 Å². The first-order valence-electron chi connectivity index (χ1n) is 11.0. The quantitative estimate of drug-likeness (QED) is 0.663. The number of anilines is 2. The number of amides is 2. The molecule has 9 nitrogen and oxygen atoms in total. The van der Waals surface area contributed by atoms with Gasteiger partial charge in [-0.05, 0) is 50.1 Å². The van der Waals surface area contributed by atoms with Crippen LogP contribution in [-0.2, 0) is 19.6 Å². The van der Waals surface area contributed by atoms with E-state index < -0.39 is 15.9 Å². The molecule has 2 heterocycles. The number of nitrogens with one attached hydrogen (secondary N) is 1. The van der Waals surface area contributed by atoms with E-state index >= 15 is 0 Å². The Bertz CT molecular complexity index is 1140. The van der Waals surface area contributed by atoms with Crippen LogP contribution >= 0.6 is 0 Å². The van der Waals surface area contributed by atoms with Crippen LogP contribution in [0.3, 0.4) is 0 Å². The molecular weight excluding hydrogens is 446 g/mol. The Hall–Kier alpha value is -3.11. The Balaban J connectivity index is 1.56. The molecule has 2 aliphatic rings. The Labute approximate surface area is 193 Å². The lowest BCUT2D eigenvalue weighted by Gasteiger charge is -2.22. The number of ether oxygens (including phenoxy) is 2. The van der Waals surface area contributed by atoms with Gasteiger partial charge in [-0.2, -0.15) is 4.31 Å². The van der Waals surface area contributed by atoms with Crippen molar-refractivity contribution < 1.29 is 27.5 Å². The predicted octanol–water partition coefficient (Wildman–Crippen LogP) is 2.62. The molecule has 1 saturated heterocycles. The lowest BCUT2D eigenvalue weighted by atomic mass is 10.2. The fourth-order valence-electron chi connectivity index (χ4n) is 3.97. The molecule has 10 heteroatoms. The van der Waals surface area contributed by atoms with Gasteiger partial charge in [0.15, 0.2) is 0 Å². The Morgan fingerprint density at radius 2 is 1.91 bits per heavy atom. The summed E-state index contributed by atoms with van der Waals surface area (Å²) in [6, 6.07) is 11.6. The minimum Gasteiger partial charge on any atom is -0.492 e. The second-order valence-corrected chi connectivity index (χ2v) is 9.71. The van der Waals surface area contributed by atoms with E-state index in [9.17, 15) is 18.0 Å². The van der Waals surface area contributed by atoms with Crippen LogP contribution in [-0.4, -0.2) is 57.4 Å². The lowest BCUT2D eigenvalue weighted by molar-refractivity contribution is -0.121. The summed E-state index contributed by atoms with van der Waals surface area (Å²) in [5, 5.41) is 2.72. The van der Waals surface area contributed by atoms with Gasteiger partial charge in [0.25, 0.3) is 0 Å². The zero-order chi connectivity index (χ0) is 23.4. The molecule has 2 aromatic carbocycles. The molecule has 0 aromatic heterocycles. The fraction of sp³-hybridized carbons (Fsp3) is 0.391. The summed E-state index contributed by atoms with van der Waals surface area (Å²) in [6.45, 7) is 3.03. The van der Waals surface area contributed by atoms with Gasteiger partial charge in [-0.3, -0.25) is 14.5 Å². The molecule has 176 valence electrons. The van der Waals surface area contributed by atoms with Gasteiger partial charge in [-0.25, -0.2) is 8.42 Å². The number of nitrogens with zero attached hydrogens (tertiary/aromatic N) is 2. The molecule has 1 N–H and O–H groups in total. The van der Waals surface area contributed by atoms with Gasteiger partial charge in [-0.1, -0.05) is 12.1 Å². The molecule has 0 radical (unpaired) electrons. The second kappa shape index (κ2) is 9.80. The van der Waals surface area contributed by atoms with Gasteiger partial charge in [-0.15, -0.1) is 0 Å². The highest BCUT2D eigenvalue weighted by atomic mass is 32.2. The average Bonchev–Trinajstić information content (AvgIpc) is 3.30. The van der Waals surface area contributed by atoms with Gasteiger partial charge in [0, 0.05) is 18.8 Å². The van der Waals surface area contributed by atoms with E-state index in [-0.39, 0.29) is 36.1 Å². The van der Waals surface area contributed by atoms with Crippen LogP contribution in [0.1, 0.15) is 26.2 Å². The third-order valence-electron chi connectivity index (χ3n) is 5.54. The number of sulfonamides is 1. The van der Waals surface area contributed by atoms with Gasteiger partial charge in [0.2, 0.25) is 21.8 Å². The predicted molar refractivity (Wildman–Crippen MR) is 123 cm³/mol.